The molecule has 2 rings (SSSR count). The van der Waals surface area contributed by atoms with E-state index in [0.29, 0.717) is 0 Å². The normalized spacial score (nSPS) is 10.8. The third-order valence-electron chi connectivity index (χ3n) is 1.87. The first-order chi connectivity index (χ1) is 5.79. The smallest absolute Gasteiger partial charge is 0.234 e. The Labute approximate surface area is 71.1 Å². The molecular formula is C9H11N3. The fraction of sp³-hybridized carbons (Fsp3) is 0.333. The minimum atomic E-state index is 0.798. The predicted octanol–water partition coefficient (Wildman–Crippen LogP) is 1.60. The van der Waals surface area contributed by atoms with E-state index in [9.17, 15) is 0 Å². The van der Waals surface area contributed by atoms with Gasteiger partial charge >= 0.3 is 0 Å². The highest BCUT2D eigenvalue weighted by Gasteiger charge is 1.98. The minimum absolute atomic E-state index is 0.798. The average Bonchev–Trinajstić information content (AvgIpc) is 2.43. The third-order valence-corrected chi connectivity index (χ3v) is 1.87. The van der Waals surface area contributed by atoms with Crippen molar-refractivity contribution in [2.24, 2.45) is 0 Å². The molecule has 0 aliphatic heterocycles. The van der Waals surface area contributed by atoms with Gasteiger partial charge in [-0.1, -0.05) is 6.92 Å². The molecule has 0 saturated carbocycles. The quantitative estimate of drug-likeness (QED) is 0.636. The van der Waals surface area contributed by atoms with Crippen LogP contribution >= 0.6 is 0 Å². The van der Waals surface area contributed by atoms with Gasteiger partial charge in [-0.05, 0) is 19.4 Å². The van der Waals surface area contributed by atoms with Crippen LogP contribution in [0.4, 0.5) is 0 Å². The summed E-state index contributed by atoms with van der Waals surface area (Å²) in [5.74, 6) is 0.798. The predicted molar refractivity (Wildman–Crippen MR) is 47.1 cm³/mol. The van der Waals surface area contributed by atoms with Gasteiger partial charge in [0.2, 0.25) is 5.78 Å². The molecule has 3 nitrogen and oxygen atoms in total. The van der Waals surface area contributed by atoms with Gasteiger partial charge in [0.15, 0.2) is 0 Å². The Kier molecular flexibility index (Phi) is 1.57. The van der Waals surface area contributed by atoms with E-state index in [-0.39, 0.29) is 0 Å². The lowest BCUT2D eigenvalue weighted by Crippen LogP contribution is -1.91. The number of hydrogen-bond acceptors (Lipinski definition) is 2. The summed E-state index contributed by atoms with van der Waals surface area (Å²) in [5.41, 5.74) is 2.10. The molecule has 2 aromatic heterocycles. The molecule has 0 saturated heterocycles. The maximum atomic E-state index is 4.37. The topological polar surface area (TPSA) is 30.2 Å². The van der Waals surface area contributed by atoms with E-state index in [1.54, 1.807) is 0 Å². The van der Waals surface area contributed by atoms with Gasteiger partial charge in [-0.25, -0.2) is 9.97 Å². The summed E-state index contributed by atoms with van der Waals surface area (Å²) < 4.78 is 1.94. The van der Waals surface area contributed by atoms with E-state index in [2.05, 4.69) is 16.9 Å². The molecule has 2 aromatic rings. The van der Waals surface area contributed by atoms with Gasteiger partial charge in [0, 0.05) is 18.1 Å². The maximum Gasteiger partial charge on any atom is 0.234 e. The van der Waals surface area contributed by atoms with Gasteiger partial charge in [-0.15, -0.1) is 0 Å². The van der Waals surface area contributed by atoms with Crippen molar-refractivity contribution in [3.63, 3.8) is 0 Å². The zero-order chi connectivity index (χ0) is 8.55. The van der Waals surface area contributed by atoms with E-state index < -0.39 is 0 Å². The van der Waals surface area contributed by atoms with Crippen LogP contribution < -0.4 is 0 Å². The first-order valence-corrected chi connectivity index (χ1v) is 4.11. The van der Waals surface area contributed by atoms with Crippen molar-refractivity contribution in [1.29, 1.82) is 0 Å². The zero-order valence-corrected chi connectivity index (χ0v) is 7.28. The van der Waals surface area contributed by atoms with Gasteiger partial charge in [0.05, 0.1) is 5.69 Å². The Bertz CT molecular complexity index is 403. The molecule has 12 heavy (non-hydrogen) atoms. The summed E-state index contributed by atoms with van der Waals surface area (Å²) in [4.78, 5) is 8.64. The second kappa shape index (κ2) is 2.59. The Morgan fingerprint density at radius 1 is 1.42 bits per heavy atom. The fourth-order valence-electron chi connectivity index (χ4n) is 1.22. The van der Waals surface area contributed by atoms with Crippen LogP contribution in [0.15, 0.2) is 18.5 Å². The SMILES string of the molecule is CCc1ccn2cc(C)nc2n1. The van der Waals surface area contributed by atoms with Gasteiger partial charge < -0.3 is 0 Å². The second-order valence-corrected chi connectivity index (χ2v) is 2.86. The van der Waals surface area contributed by atoms with Crippen LogP contribution in [0.25, 0.3) is 5.78 Å². The monoisotopic (exact) mass is 161 g/mol. The summed E-state index contributed by atoms with van der Waals surface area (Å²) in [5, 5.41) is 0. The highest BCUT2D eigenvalue weighted by Crippen LogP contribution is 2.03. The van der Waals surface area contributed by atoms with Crippen LogP contribution in [-0.4, -0.2) is 14.4 Å². The molecule has 0 fully saturated rings. The maximum absolute atomic E-state index is 4.37. The minimum Gasteiger partial charge on any atom is -0.291 e. The molecular weight excluding hydrogens is 150 g/mol. The Morgan fingerprint density at radius 3 is 3.00 bits per heavy atom. The lowest BCUT2D eigenvalue weighted by Gasteiger charge is -1.95. The molecule has 0 atom stereocenters. The molecule has 0 amide bonds. The first kappa shape index (κ1) is 7.28. The van der Waals surface area contributed by atoms with E-state index in [0.717, 1.165) is 23.6 Å². The van der Waals surface area contributed by atoms with Crippen LogP contribution in [0.2, 0.25) is 0 Å². The van der Waals surface area contributed by atoms with Crippen LogP contribution in [0, 0.1) is 6.92 Å². The Balaban J connectivity index is 2.66. The van der Waals surface area contributed by atoms with Gasteiger partial charge in [0.1, 0.15) is 0 Å². The van der Waals surface area contributed by atoms with Crippen molar-refractivity contribution in [1.82, 2.24) is 14.4 Å². The van der Waals surface area contributed by atoms with Crippen molar-refractivity contribution in [3.8, 4) is 0 Å². The van der Waals surface area contributed by atoms with E-state index >= 15 is 0 Å². The molecule has 0 bridgehead atoms. The largest absolute Gasteiger partial charge is 0.291 e. The van der Waals surface area contributed by atoms with E-state index in [4.69, 9.17) is 0 Å². The Hall–Kier alpha value is -1.38. The average molecular weight is 161 g/mol. The van der Waals surface area contributed by atoms with Crippen LogP contribution in [-0.2, 0) is 6.42 Å². The molecule has 0 aliphatic rings. The summed E-state index contributed by atoms with van der Waals surface area (Å²) in [6.45, 7) is 4.06. The Morgan fingerprint density at radius 2 is 2.25 bits per heavy atom. The first-order valence-electron chi connectivity index (χ1n) is 4.11. The summed E-state index contributed by atoms with van der Waals surface area (Å²) in [7, 11) is 0. The molecule has 0 aromatic carbocycles. The number of imidazole rings is 1. The van der Waals surface area contributed by atoms with Crippen molar-refractivity contribution < 1.29 is 0 Å². The number of hydrogen-bond donors (Lipinski definition) is 0. The number of fused-ring (bicyclic) bond motifs is 1. The van der Waals surface area contributed by atoms with Crippen molar-refractivity contribution in [3.05, 3.63) is 29.8 Å². The standard InChI is InChI=1S/C9H11N3/c1-3-8-4-5-12-6-7(2)10-9(12)11-8/h4-6H,3H2,1-2H3. The summed E-state index contributed by atoms with van der Waals surface area (Å²) in [6.07, 6.45) is 4.94. The number of aromatic nitrogens is 3. The van der Waals surface area contributed by atoms with E-state index in [1.807, 2.05) is 29.8 Å². The number of rotatable bonds is 1. The number of aryl methyl sites for hydroxylation is 2. The van der Waals surface area contributed by atoms with E-state index in [1.165, 1.54) is 0 Å². The molecule has 0 N–H and O–H groups in total. The fourth-order valence-corrected chi connectivity index (χ4v) is 1.22. The van der Waals surface area contributed by atoms with Crippen molar-refractivity contribution in [2.75, 3.05) is 0 Å². The summed E-state index contributed by atoms with van der Waals surface area (Å²) in [6, 6.07) is 2.02. The van der Waals surface area contributed by atoms with Crippen LogP contribution in [0.3, 0.4) is 0 Å². The zero-order valence-electron chi connectivity index (χ0n) is 7.28. The van der Waals surface area contributed by atoms with Gasteiger partial charge in [-0.3, -0.25) is 4.40 Å². The summed E-state index contributed by atoms with van der Waals surface area (Å²) >= 11 is 0. The van der Waals surface area contributed by atoms with Crippen molar-refractivity contribution in [2.45, 2.75) is 20.3 Å². The molecule has 0 unspecified atom stereocenters. The molecule has 2 heterocycles. The van der Waals surface area contributed by atoms with Crippen LogP contribution in [0.1, 0.15) is 18.3 Å². The van der Waals surface area contributed by atoms with Crippen molar-refractivity contribution >= 4 is 5.78 Å². The van der Waals surface area contributed by atoms with Gasteiger partial charge in [0.25, 0.3) is 0 Å². The lowest BCUT2D eigenvalue weighted by atomic mass is 10.3. The lowest BCUT2D eigenvalue weighted by molar-refractivity contribution is 0.993. The second-order valence-electron chi connectivity index (χ2n) is 2.86. The molecule has 62 valence electrons. The number of nitrogens with zero attached hydrogens (tertiary/aromatic N) is 3. The third kappa shape index (κ3) is 1.07. The van der Waals surface area contributed by atoms with Crippen LogP contribution in [0.5, 0.6) is 0 Å². The molecule has 0 radical (unpaired) electrons. The molecule has 0 spiro atoms. The van der Waals surface area contributed by atoms with Gasteiger partial charge in [-0.2, -0.15) is 0 Å². The highest BCUT2D eigenvalue weighted by molar-refractivity contribution is 5.31. The highest BCUT2D eigenvalue weighted by atomic mass is 15.1. The molecule has 3 heteroatoms. The molecule has 0 aliphatic carbocycles.